The number of ether oxygens (including phenoxy) is 1. The molecule has 0 radical (unpaired) electrons. The molecule has 0 spiro atoms. The second-order valence-corrected chi connectivity index (χ2v) is 4.71. The molecule has 2 aromatic rings. The van der Waals surface area contributed by atoms with E-state index in [4.69, 9.17) is 10.00 Å². The molecule has 1 aromatic heterocycles. The van der Waals surface area contributed by atoms with Gasteiger partial charge in [0.15, 0.2) is 0 Å². The Morgan fingerprint density at radius 3 is 3.17 bits per heavy atom. The number of hydrogen-bond acceptors (Lipinski definition) is 2. The molecule has 0 bridgehead atoms. The summed E-state index contributed by atoms with van der Waals surface area (Å²) in [5.41, 5.74) is 3.22. The Hall–Kier alpha value is -2.21. The molecule has 0 N–H and O–H groups in total. The molecule has 2 heterocycles. The van der Waals surface area contributed by atoms with Crippen LogP contribution in [0.25, 0.3) is 0 Å². The molecule has 3 heteroatoms. The number of fused-ring (bicyclic) bond motifs is 1. The first kappa shape index (κ1) is 10.9. The molecule has 3 rings (SSSR count). The topological polar surface area (TPSA) is 38.0 Å². The predicted octanol–water partition coefficient (Wildman–Crippen LogP) is 2.67. The van der Waals surface area contributed by atoms with E-state index in [1.54, 1.807) is 0 Å². The Morgan fingerprint density at radius 1 is 1.44 bits per heavy atom. The Labute approximate surface area is 106 Å². The van der Waals surface area contributed by atoms with Gasteiger partial charge in [-0.3, -0.25) is 0 Å². The van der Waals surface area contributed by atoms with Crippen molar-refractivity contribution in [3.05, 3.63) is 53.3 Å². The molecule has 90 valence electrons. The van der Waals surface area contributed by atoms with Gasteiger partial charge in [-0.2, -0.15) is 5.26 Å². The Morgan fingerprint density at radius 2 is 2.33 bits per heavy atom. The largest absolute Gasteiger partial charge is 0.488 e. The van der Waals surface area contributed by atoms with Crippen LogP contribution in [0.3, 0.4) is 0 Å². The van der Waals surface area contributed by atoms with Crippen molar-refractivity contribution in [1.82, 2.24) is 4.57 Å². The van der Waals surface area contributed by atoms with Crippen molar-refractivity contribution in [2.45, 2.75) is 26.0 Å². The van der Waals surface area contributed by atoms with Crippen LogP contribution in [0.1, 0.15) is 16.8 Å². The van der Waals surface area contributed by atoms with Crippen molar-refractivity contribution < 1.29 is 4.74 Å². The molecule has 0 saturated carbocycles. The van der Waals surface area contributed by atoms with Crippen LogP contribution in [0.2, 0.25) is 0 Å². The van der Waals surface area contributed by atoms with Crippen molar-refractivity contribution >= 4 is 0 Å². The summed E-state index contributed by atoms with van der Waals surface area (Å²) in [6, 6.07) is 12.2. The average Bonchev–Trinajstić information content (AvgIpc) is 2.94. The van der Waals surface area contributed by atoms with Crippen LogP contribution in [0.15, 0.2) is 36.5 Å². The van der Waals surface area contributed by atoms with Gasteiger partial charge in [0.1, 0.15) is 23.6 Å². The number of aromatic nitrogens is 1. The fourth-order valence-corrected chi connectivity index (χ4v) is 2.45. The van der Waals surface area contributed by atoms with Gasteiger partial charge in [0, 0.05) is 12.6 Å². The molecular weight excluding hydrogens is 224 g/mol. The summed E-state index contributed by atoms with van der Waals surface area (Å²) in [4.78, 5) is 0. The highest BCUT2D eigenvalue weighted by Gasteiger charge is 2.23. The number of aryl methyl sites for hydroxylation is 1. The maximum absolute atomic E-state index is 8.98. The normalized spacial score (nSPS) is 17.0. The predicted molar refractivity (Wildman–Crippen MR) is 68.4 cm³/mol. The Kier molecular flexibility index (Phi) is 2.56. The van der Waals surface area contributed by atoms with E-state index in [2.05, 4.69) is 25.1 Å². The maximum atomic E-state index is 8.98. The van der Waals surface area contributed by atoms with Crippen molar-refractivity contribution in [2.24, 2.45) is 0 Å². The van der Waals surface area contributed by atoms with Crippen LogP contribution in [-0.2, 0) is 13.0 Å². The highest BCUT2D eigenvalue weighted by atomic mass is 16.5. The molecule has 0 fully saturated rings. The quantitative estimate of drug-likeness (QED) is 0.806. The highest BCUT2D eigenvalue weighted by molar-refractivity contribution is 5.40. The number of benzene rings is 1. The molecule has 18 heavy (non-hydrogen) atoms. The lowest BCUT2D eigenvalue weighted by atomic mass is 10.1. The zero-order valence-corrected chi connectivity index (χ0v) is 10.3. The van der Waals surface area contributed by atoms with Crippen LogP contribution in [0, 0.1) is 18.3 Å². The van der Waals surface area contributed by atoms with Gasteiger partial charge in [-0.05, 0) is 30.7 Å². The summed E-state index contributed by atoms with van der Waals surface area (Å²) in [7, 11) is 0. The monoisotopic (exact) mass is 238 g/mol. The second kappa shape index (κ2) is 4.23. The fraction of sp³-hybridized carbons (Fsp3) is 0.267. The average molecular weight is 238 g/mol. The molecular formula is C15H14N2O. The maximum Gasteiger partial charge on any atom is 0.123 e. The number of rotatable bonds is 2. The first-order chi connectivity index (χ1) is 8.76. The third-order valence-corrected chi connectivity index (χ3v) is 3.30. The molecule has 0 saturated heterocycles. The number of nitrogens with zero attached hydrogens (tertiary/aromatic N) is 2. The summed E-state index contributed by atoms with van der Waals surface area (Å²) in [6.07, 6.45) is 2.97. The first-order valence-corrected chi connectivity index (χ1v) is 6.07. The summed E-state index contributed by atoms with van der Waals surface area (Å²) in [6.45, 7) is 2.82. The van der Waals surface area contributed by atoms with E-state index in [1.165, 1.54) is 11.1 Å². The van der Waals surface area contributed by atoms with Gasteiger partial charge in [0.2, 0.25) is 0 Å². The minimum atomic E-state index is 0.126. The zero-order chi connectivity index (χ0) is 12.5. The van der Waals surface area contributed by atoms with Gasteiger partial charge < -0.3 is 9.30 Å². The lowest BCUT2D eigenvalue weighted by molar-refractivity contribution is 0.209. The van der Waals surface area contributed by atoms with E-state index >= 15 is 0 Å². The SMILES string of the molecule is Cc1ccc2c(c1)CC(Cn1cccc1C#N)O2. The van der Waals surface area contributed by atoms with Gasteiger partial charge in [-0.1, -0.05) is 17.7 Å². The molecule has 1 unspecified atom stereocenters. The third kappa shape index (κ3) is 1.86. The lowest BCUT2D eigenvalue weighted by Crippen LogP contribution is -2.21. The Bertz CT molecular complexity index is 622. The Balaban J connectivity index is 1.77. The van der Waals surface area contributed by atoms with Crippen LogP contribution in [0.4, 0.5) is 0 Å². The van der Waals surface area contributed by atoms with Crippen LogP contribution >= 0.6 is 0 Å². The third-order valence-electron chi connectivity index (χ3n) is 3.30. The van der Waals surface area contributed by atoms with E-state index in [1.807, 2.05) is 29.0 Å². The van der Waals surface area contributed by atoms with E-state index in [-0.39, 0.29) is 6.10 Å². The molecule has 1 atom stereocenters. The molecule has 1 aromatic carbocycles. The van der Waals surface area contributed by atoms with E-state index < -0.39 is 0 Å². The molecule has 0 amide bonds. The number of nitriles is 1. The van der Waals surface area contributed by atoms with E-state index in [0.29, 0.717) is 5.69 Å². The van der Waals surface area contributed by atoms with Crippen LogP contribution in [-0.4, -0.2) is 10.7 Å². The van der Waals surface area contributed by atoms with E-state index in [9.17, 15) is 0 Å². The first-order valence-electron chi connectivity index (χ1n) is 6.07. The fourth-order valence-electron chi connectivity index (χ4n) is 2.45. The van der Waals surface area contributed by atoms with E-state index in [0.717, 1.165) is 18.7 Å². The minimum Gasteiger partial charge on any atom is -0.488 e. The molecule has 1 aliphatic rings. The van der Waals surface area contributed by atoms with Crippen LogP contribution in [0.5, 0.6) is 5.75 Å². The molecule has 0 aliphatic carbocycles. The van der Waals surface area contributed by atoms with Gasteiger partial charge in [-0.15, -0.1) is 0 Å². The van der Waals surface area contributed by atoms with Crippen molar-refractivity contribution in [3.63, 3.8) is 0 Å². The van der Waals surface area contributed by atoms with Gasteiger partial charge >= 0.3 is 0 Å². The second-order valence-electron chi connectivity index (χ2n) is 4.71. The lowest BCUT2D eigenvalue weighted by Gasteiger charge is -2.12. The highest BCUT2D eigenvalue weighted by Crippen LogP contribution is 2.30. The standard InChI is InChI=1S/C15H14N2O/c1-11-4-5-15-12(7-11)8-14(18-15)10-17-6-2-3-13(17)9-16/h2-7,14H,8,10H2,1H3. The van der Waals surface area contributed by atoms with Gasteiger partial charge in [0.05, 0.1) is 6.54 Å². The summed E-state index contributed by atoms with van der Waals surface area (Å²) in [5.74, 6) is 0.983. The van der Waals surface area contributed by atoms with Crippen molar-refractivity contribution in [1.29, 1.82) is 5.26 Å². The minimum absolute atomic E-state index is 0.126. The smallest absolute Gasteiger partial charge is 0.123 e. The van der Waals surface area contributed by atoms with Gasteiger partial charge in [-0.25, -0.2) is 0 Å². The van der Waals surface area contributed by atoms with Gasteiger partial charge in [0.25, 0.3) is 0 Å². The molecule has 1 aliphatic heterocycles. The summed E-state index contributed by atoms with van der Waals surface area (Å²) in [5, 5.41) is 8.98. The van der Waals surface area contributed by atoms with Crippen molar-refractivity contribution in [3.8, 4) is 11.8 Å². The van der Waals surface area contributed by atoms with Crippen LogP contribution < -0.4 is 4.74 Å². The molecule has 3 nitrogen and oxygen atoms in total. The number of hydrogen-bond donors (Lipinski definition) is 0. The summed E-state index contributed by atoms with van der Waals surface area (Å²) >= 11 is 0. The summed E-state index contributed by atoms with van der Waals surface area (Å²) < 4.78 is 7.85. The zero-order valence-electron chi connectivity index (χ0n) is 10.3. The van der Waals surface area contributed by atoms with Crippen molar-refractivity contribution in [2.75, 3.05) is 0 Å².